The van der Waals surface area contributed by atoms with Gasteiger partial charge in [0, 0.05) is 10.5 Å². The third-order valence-corrected chi connectivity index (χ3v) is 5.07. The lowest BCUT2D eigenvalue weighted by Gasteiger charge is -2.31. The van der Waals surface area contributed by atoms with E-state index in [0.717, 1.165) is 28.6 Å². The van der Waals surface area contributed by atoms with E-state index in [2.05, 4.69) is 67.1 Å². The summed E-state index contributed by atoms with van der Waals surface area (Å²) in [5.41, 5.74) is 1.29. The SMILES string of the molecule is CCNC(C)c1ccc(OC2CC(C)CC(C)C2)cc1Br. The molecule has 21 heavy (non-hydrogen) atoms. The van der Waals surface area contributed by atoms with Gasteiger partial charge >= 0.3 is 0 Å². The maximum Gasteiger partial charge on any atom is 0.120 e. The molecule has 2 rings (SSSR count). The molecule has 1 aromatic rings. The van der Waals surface area contributed by atoms with Crippen LogP contribution in [0.3, 0.4) is 0 Å². The van der Waals surface area contributed by atoms with Gasteiger partial charge in [-0.2, -0.15) is 0 Å². The first kappa shape index (κ1) is 16.8. The Balaban J connectivity index is 2.03. The average Bonchev–Trinajstić information content (AvgIpc) is 2.37. The maximum absolute atomic E-state index is 6.22. The van der Waals surface area contributed by atoms with Gasteiger partial charge in [0.15, 0.2) is 0 Å². The van der Waals surface area contributed by atoms with Crippen LogP contribution >= 0.6 is 15.9 Å². The zero-order valence-corrected chi connectivity index (χ0v) is 15.2. The molecular weight excluding hydrogens is 326 g/mol. The van der Waals surface area contributed by atoms with Crippen LogP contribution in [0.15, 0.2) is 22.7 Å². The topological polar surface area (TPSA) is 21.3 Å². The fraction of sp³-hybridized carbons (Fsp3) is 0.667. The molecular formula is C18H28BrNO. The predicted octanol–water partition coefficient (Wildman–Crippen LogP) is 5.32. The number of benzene rings is 1. The molecule has 3 atom stereocenters. The van der Waals surface area contributed by atoms with E-state index in [4.69, 9.17) is 4.74 Å². The number of ether oxygens (including phenoxy) is 1. The summed E-state index contributed by atoms with van der Waals surface area (Å²) in [5.74, 6) is 2.53. The number of hydrogen-bond donors (Lipinski definition) is 1. The van der Waals surface area contributed by atoms with Crippen LogP contribution in [-0.2, 0) is 0 Å². The van der Waals surface area contributed by atoms with Crippen LogP contribution in [0.2, 0.25) is 0 Å². The quantitative estimate of drug-likeness (QED) is 0.772. The summed E-state index contributed by atoms with van der Waals surface area (Å²) in [6.45, 7) is 9.97. The van der Waals surface area contributed by atoms with E-state index in [-0.39, 0.29) is 0 Å². The van der Waals surface area contributed by atoms with Gasteiger partial charge in [0.1, 0.15) is 5.75 Å². The second-order valence-electron chi connectivity index (χ2n) is 6.62. The van der Waals surface area contributed by atoms with Crippen molar-refractivity contribution in [1.82, 2.24) is 5.32 Å². The zero-order chi connectivity index (χ0) is 15.4. The number of nitrogens with one attached hydrogen (secondary N) is 1. The van der Waals surface area contributed by atoms with Gasteiger partial charge in [-0.05, 0) is 62.3 Å². The van der Waals surface area contributed by atoms with Crippen LogP contribution in [0.5, 0.6) is 5.75 Å². The van der Waals surface area contributed by atoms with E-state index in [1.807, 2.05) is 0 Å². The minimum atomic E-state index is 0.355. The number of halogens is 1. The van der Waals surface area contributed by atoms with E-state index in [1.165, 1.54) is 24.8 Å². The van der Waals surface area contributed by atoms with E-state index >= 15 is 0 Å². The van der Waals surface area contributed by atoms with Crippen LogP contribution < -0.4 is 10.1 Å². The molecule has 0 radical (unpaired) electrons. The highest BCUT2D eigenvalue weighted by molar-refractivity contribution is 9.10. The summed E-state index contributed by atoms with van der Waals surface area (Å²) in [6, 6.07) is 6.75. The maximum atomic E-state index is 6.22. The van der Waals surface area contributed by atoms with Gasteiger partial charge in [0.2, 0.25) is 0 Å². The van der Waals surface area contributed by atoms with Gasteiger partial charge in [-0.15, -0.1) is 0 Å². The summed E-state index contributed by atoms with van der Waals surface area (Å²) in [7, 11) is 0. The Bertz CT molecular complexity index is 453. The summed E-state index contributed by atoms with van der Waals surface area (Å²) in [4.78, 5) is 0. The Hall–Kier alpha value is -0.540. The van der Waals surface area contributed by atoms with Crippen LogP contribution in [0.25, 0.3) is 0 Å². The molecule has 1 aliphatic rings. The summed E-state index contributed by atoms with van der Waals surface area (Å²) in [5, 5.41) is 3.44. The lowest BCUT2D eigenvalue weighted by molar-refractivity contribution is 0.101. The molecule has 1 N–H and O–H groups in total. The van der Waals surface area contributed by atoms with Crippen molar-refractivity contribution in [3.8, 4) is 5.75 Å². The van der Waals surface area contributed by atoms with Crippen molar-refractivity contribution in [3.05, 3.63) is 28.2 Å². The summed E-state index contributed by atoms with van der Waals surface area (Å²) in [6.07, 6.45) is 4.06. The molecule has 1 fully saturated rings. The van der Waals surface area contributed by atoms with Crippen molar-refractivity contribution in [3.63, 3.8) is 0 Å². The molecule has 0 amide bonds. The summed E-state index contributed by atoms with van der Waals surface area (Å²) < 4.78 is 7.35. The van der Waals surface area contributed by atoms with E-state index in [1.54, 1.807) is 0 Å². The van der Waals surface area contributed by atoms with Crippen molar-refractivity contribution in [2.75, 3.05) is 6.54 Å². The molecule has 1 saturated carbocycles. The molecule has 1 aliphatic carbocycles. The smallest absolute Gasteiger partial charge is 0.120 e. The summed E-state index contributed by atoms with van der Waals surface area (Å²) >= 11 is 3.69. The highest BCUT2D eigenvalue weighted by Gasteiger charge is 2.25. The van der Waals surface area contributed by atoms with E-state index in [0.29, 0.717) is 12.1 Å². The molecule has 0 saturated heterocycles. The van der Waals surface area contributed by atoms with Gasteiger partial charge in [0.05, 0.1) is 6.10 Å². The Morgan fingerprint density at radius 3 is 2.48 bits per heavy atom. The first-order valence-corrected chi connectivity index (χ1v) is 8.98. The molecule has 118 valence electrons. The predicted molar refractivity (Wildman–Crippen MR) is 92.8 cm³/mol. The fourth-order valence-electron chi connectivity index (χ4n) is 3.51. The van der Waals surface area contributed by atoms with E-state index in [9.17, 15) is 0 Å². The van der Waals surface area contributed by atoms with Crippen molar-refractivity contribution >= 4 is 15.9 Å². The van der Waals surface area contributed by atoms with Crippen molar-refractivity contribution in [1.29, 1.82) is 0 Å². The Labute approximate surface area is 137 Å². The van der Waals surface area contributed by atoms with Gasteiger partial charge in [-0.1, -0.05) is 42.8 Å². The molecule has 1 aromatic carbocycles. The second-order valence-corrected chi connectivity index (χ2v) is 7.47. The average molecular weight is 354 g/mol. The van der Waals surface area contributed by atoms with Crippen molar-refractivity contribution in [2.24, 2.45) is 11.8 Å². The van der Waals surface area contributed by atoms with Crippen LogP contribution in [-0.4, -0.2) is 12.6 Å². The molecule has 0 heterocycles. The molecule has 0 bridgehead atoms. The second kappa shape index (κ2) is 7.64. The normalized spacial score (nSPS) is 27.4. The fourth-order valence-corrected chi connectivity index (χ4v) is 4.21. The standard InChI is InChI=1S/C18H28BrNO/c1-5-20-14(4)17-7-6-15(11-18(17)19)21-16-9-12(2)8-13(3)10-16/h6-7,11-14,16,20H,5,8-10H2,1-4H3. The Morgan fingerprint density at radius 2 is 1.90 bits per heavy atom. The van der Waals surface area contributed by atoms with Crippen LogP contribution in [0.1, 0.15) is 58.6 Å². The first-order valence-electron chi connectivity index (χ1n) is 8.19. The number of hydrogen-bond acceptors (Lipinski definition) is 2. The van der Waals surface area contributed by atoms with E-state index < -0.39 is 0 Å². The van der Waals surface area contributed by atoms with Crippen LogP contribution in [0.4, 0.5) is 0 Å². The lowest BCUT2D eigenvalue weighted by atomic mass is 9.82. The molecule has 0 aliphatic heterocycles. The molecule has 0 aromatic heterocycles. The van der Waals surface area contributed by atoms with Crippen LogP contribution in [0, 0.1) is 11.8 Å². The van der Waals surface area contributed by atoms with Gasteiger partial charge in [-0.25, -0.2) is 0 Å². The molecule has 0 spiro atoms. The van der Waals surface area contributed by atoms with Gasteiger partial charge in [0.25, 0.3) is 0 Å². The highest BCUT2D eigenvalue weighted by atomic mass is 79.9. The molecule has 3 unspecified atom stereocenters. The minimum Gasteiger partial charge on any atom is -0.490 e. The molecule has 2 nitrogen and oxygen atoms in total. The van der Waals surface area contributed by atoms with Gasteiger partial charge in [-0.3, -0.25) is 0 Å². The molecule has 3 heteroatoms. The van der Waals surface area contributed by atoms with Crippen molar-refractivity contribution in [2.45, 2.75) is 59.1 Å². The van der Waals surface area contributed by atoms with Gasteiger partial charge < -0.3 is 10.1 Å². The van der Waals surface area contributed by atoms with Crippen molar-refractivity contribution < 1.29 is 4.74 Å². The highest BCUT2D eigenvalue weighted by Crippen LogP contribution is 2.33. The Morgan fingerprint density at radius 1 is 1.24 bits per heavy atom. The zero-order valence-electron chi connectivity index (χ0n) is 13.7. The Kier molecular flexibility index (Phi) is 6.12. The third-order valence-electron chi connectivity index (χ3n) is 4.39. The number of rotatable bonds is 5. The first-order chi connectivity index (χ1) is 9.99. The minimum absolute atomic E-state index is 0.355. The largest absolute Gasteiger partial charge is 0.490 e. The lowest BCUT2D eigenvalue weighted by Crippen LogP contribution is -2.28. The monoisotopic (exact) mass is 353 g/mol. The third kappa shape index (κ3) is 4.72.